The van der Waals surface area contributed by atoms with Crippen molar-refractivity contribution in [1.82, 2.24) is 10.2 Å². The number of urea groups is 1. The Morgan fingerprint density at radius 1 is 1.35 bits per heavy atom. The van der Waals surface area contributed by atoms with Crippen molar-refractivity contribution in [1.29, 1.82) is 0 Å². The van der Waals surface area contributed by atoms with E-state index in [1.807, 2.05) is 16.7 Å². The van der Waals surface area contributed by atoms with Crippen molar-refractivity contribution in [3.05, 3.63) is 0 Å². The van der Waals surface area contributed by atoms with Crippen LogP contribution in [0.3, 0.4) is 0 Å². The van der Waals surface area contributed by atoms with Crippen molar-refractivity contribution in [2.45, 2.75) is 39.2 Å². The molecule has 0 radical (unpaired) electrons. The maximum absolute atomic E-state index is 12.2. The predicted octanol–water partition coefficient (Wildman–Crippen LogP) is 2.59. The minimum Gasteiger partial charge on any atom is -0.378 e. The van der Waals surface area contributed by atoms with Crippen LogP contribution in [0, 0.1) is 11.8 Å². The molecule has 0 aliphatic carbocycles. The van der Waals surface area contributed by atoms with Crippen LogP contribution in [-0.4, -0.2) is 54.8 Å². The molecule has 0 bridgehead atoms. The van der Waals surface area contributed by atoms with E-state index in [0.717, 1.165) is 44.8 Å². The maximum atomic E-state index is 12.2. The first-order valence-corrected chi connectivity index (χ1v) is 9.06. The van der Waals surface area contributed by atoms with Crippen molar-refractivity contribution in [3.63, 3.8) is 0 Å². The topological polar surface area (TPSA) is 41.6 Å². The average Bonchev–Trinajstić information content (AvgIpc) is 2.74. The number of ether oxygens (including phenoxy) is 1. The first-order valence-electron chi connectivity index (χ1n) is 7.90. The second-order valence-electron chi connectivity index (χ2n) is 6.12. The molecule has 2 rings (SSSR count). The van der Waals surface area contributed by atoms with Gasteiger partial charge in [0.15, 0.2) is 0 Å². The van der Waals surface area contributed by atoms with Gasteiger partial charge in [-0.15, -0.1) is 0 Å². The van der Waals surface area contributed by atoms with Gasteiger partial charge in [0.1, 0.15) is 0 Å². The summed E-state index contributed by atoms with van der Waals surface area (Å²) in [6.45, 7) is 7.81. The van der Waals surface area contributed by atoms with E-state index in [-0.39, 0.29) is 6.03 Å². The number of thioether (sulfide) groups is 1. The van der Waals surface area contributed by atoms with Gasteiger partial charge < -0.3 is 15.0 Å². The van der Waals surface area contributed by atoms with Crippen LogP contribution >= 0.6 is 11.8 Å². The van der Waals surface area contributed by atoms with E-state index in [0.29, 0.717) is 17.9 Å². The highest BCUT2D eigenvalue weighted by Crippen LogP contribution is 2.25. The van der Waals surface area contributed by atoms with E-state index in [1.54, 1.807) is 0 Å². The number of rotatable bonds is 3. The fourth-order valence-electron chi connectivity index (χ4n) is 3.10. The summed E-state index contributed by atoms with van der Waals surface area (Å²) >= 11 is 1.95. The van der Waals surface area contributed by atoms with Crippen molar-refractivity contribution >= 4 is 17.8 Å². The number of carbonyl (C=O) groups is 1. The fraction of sp³-hybridized carbons (Fsp3) is 0.933. The molecule has 20 heavy (non-hydrogen) atoms. The molecule has 2 aliphatic heterocycles. The standard InChI is InChI=1S/C15H28N2O2S/c1-12(2)14-13(5-3-8-19-14)11-16-15(18)17-6-4-9-20-10-7-17/h12-14H,3-11H2,1-2H3,(H,16,18)/t13-,14-/m1/s1. The molecule has 0 aromatic rings. The quantitative estimate of drug-likeness (QED) is 0.871. The highest BCUT2D eigenvalue weighted by Gasteiger charge is 2.29. The number of nitrogens with zero attached hydrogens (tertiary/aromatic N) is 1. The Balaban J connectivity index is 1.79. The molecule has 2 fully saturated rings. The van der Waals surface area contributed by atoms with Crippen LogP contribution in [0.2, 0.25) is 0 Å². The zero-order valence-corrected chi connectivity index (χ0v) is 13.6. The minimum atomic E-state index is 0.112. The number of hydrogen-bond donors (Lipinski definition) is 1. The van der Waals surface area contributed by atoms with Gasteiger partial charge in [0.05, 0.1) is 6.10 Å². The molecule has 2 heterocycles. The van der Waals surface area contributed by atoms with Crippen molar-refractivity contribution < 1.29 is 9.53 Å². The van der Waals surface area contributed by atoms with Crippen LogP contribution in [0.15, 0.2) is 0 Å². The smallest absolute Gasteiger partial charge is 0.317 e. The lowest BCUT2D eigenvalue weighted by atomic mass is 9.87. The SMILES string of the molecule is CC(C)[C@H]1OCCC[C@@H]1CNC(=O)N1CCCSCC1. The van der Waals surface area contributed by atoms with E-state index < -0.39 is 0 Å². The molecule has 1 N–H and O–H groups in total. The largest absolute Gasteiger partial charge is 0.378 e. The lowest BCUT2D eigenvalue weighted by Crippen LogP contribution is -2.46. The van der Waals surface area contributed by atoms with Gasteiger partial charge in [-0.3, -0.25) is 0 Å². The number of hydrogen-bond acceptors (Lipinski definition) is 3. The molecule has 0 saturated carbocycles. The summed E-state index contributed by atoms with van der Waals surface area (Å²) in [7, 11) is 0. The summed E-state index contributed by atoms with van der Waals surface area (Å²) in [5, 5.41) is 3.13. The highest BCUT2D eigenvalue weighted by atomic mass is 32.2. The third-order valence-corrected chi connectivity index (χ3v) is 5.22. The molecule has 116 valence electrons. The van der Waals surface area contributed by atoms with Crippen molar-refractivity contribution in [2.24, 2.45) is 11.8 Å². The van der Waals surface area contributed by atoms with Crippen LogP contribution in [0.25, 0.3) is 0 Å². The lowest BCUT2D eigenvalue weighted by Gasteiger charge is -2.35. The van der Waals surface area contributed by atoms with Gasteiger partial charge >= 0.3 is 6.03 Å². The maximum Gasteiger partial charge on any atom is 0.317 e. The Bertz CT molecular complexity index is 304. The molecule has 2 saturated heterocycles. The van der Waals surface area contributed by atoms with Crippen LogP contribution in [0.4, 0.5) is 4.79 Å². The Hall–Kier alpha value is -0.420. The lowest BCUT2D eigenvalue weighted by molar-refractivity contribution is -0.0510. The van der Waals surface area contributed by atoms with Gasteiger partial charge in [-0.1, -0.05) is 13.8 Å². The zero-order valence-electron chi connectivity index (χ0n) is 12.8. The molecule has 0 unspecified atom stereocenters. The minimum absolute atomic E-state index is 0.112. The first kappa shape index (κ1) is 16.0. The fourth-order valence-corrected chi connectivity index (χ4v) is 3.99. The Kier molecular flexibility index (Phi) is 6.49. The molecule has 2 amide bonds. The summed E-state index contributed by atoms with van der Waals surface area (Å²) in [5.74, 6) is 3.23. The van der Waals surface area contributed by atoms with E-state index in [2.05, 4.69) is 19.2 Å². The molecule has 2 atom stereocenters. The summed E-state index contributed by atoms with van der Waals surface area (Å²) < 4.78 is 5.88. The molecular weight excluding hydrogens is 272 g/mol. The number of carbonyl (C=O) groups excluding carboxylic acids is 1. The summed E-state index contributed by atoms with van der Waals surface area (Å²) in [4.78, 5) is 14.2. The predicted molar refractivity (Wildman–Crippen MR) is 84.2 cm³/mol. The van der Waals surface area contributed by atoms with Crippen LogP contribution in [0.1, 0.15) is 33.1 Å². The van der Waals surface area contributed by atoms with E-state index in [4.69, 9.17) is 4.74 Å². The van der Waals surface area contributed by atoms with Crippen LogP contribution < -0.4 is 5.32 Å². The van der Waals surface area contributed by atoms with Gasteiger partial charge in [0.2, 0.25) is 0 Å². The van der Waals surface area contributed by atoms with Gasteiger partial charge in [-0.05, 0) is 30.9 Å². The van der Waals surface area contributed by atoms with E-state index in [9.17, 15) is 4.79 Å². The van der Waals surface area contributed by atoms with E-state index >= 15 is 0 Å². The van der Waals surface area contributed by atoms with E-state index in [1.165, 1.54) is 12.2 Å². The molecule has 0 aromatic heterocycles. The van der Waals surface area contributed by atoms with Crippen LogP contribution in [-0.2, 0) is 4.74 Å². The van der Waals surface area contributed by atoms with Crippen molar-refractivity contribution in [2.75, 3.05) is 37.7 Å². The average molecular weight is 300 g/mol. The molecule has 0 spiro atoms. The third-order valence-electron chi connectivity index (χ3n) is 4.18. The van der Waals surface area contributed by atoms with Gasteiger partial charge in [0, 0.05) is 37.9 Å². The number of nitrogens with one attached hydrogen (secondary N) is 1. The normalized spacial score (nSPS) is 28.2. The monoisotopic (exact) mass is 300 g/mol. The third kappa shape index (κ3) is 4.55. The zero-order chi connectivity index (χ0) is 14.4. The highest BCUT2D eigenvalue weighted by molar-refractivity contribution is 7.99. The summed E-state index contributed by atoms with van der Waals surface area (Å²) in [6.07, 6.45) is 3.69. The first-order chi connectivity index (χ1) is 9.68. The molecular formula is C15H28N2O2S. The molecule has 4 nitrogen and oxygen atoms in total. The molecule has 2 aliphatic rings. The molecule has 5 heteroatoms. The Labute approximate surface area is 127 Å². The van der Waals surface area contributed by atoms with Gasteiger partial charge in [-0.25, -0.2) is 4.79 Å². The summed E-state index contributed by atoms with van der Waals surface area (Å²) in [5.41, 5.74) is 0. The van der Waals surface area contributed by atoms with Gasteiger partial charge in [0.25, 0.3) is 0 Å². The summed E-state index contributed by atoms with van der Waals surface area (Å²) in [6, 6.07) is 0.112. The van der Waals surface area contributed by atoms with Crippen LogP contribution in [0.5, 0.6) is 0 Å². The van der Waals surface area contributed by atoms with Gasteiger partial charge in [-0.2, -0.15) is 11.8 Å². The molecule has 0 aromatic carbocycles. The van der Waals surface area contributed by atoms with Crippen molar-refractivity contribution in [3.8, 4) is 0 Å². The second-order valence-corrected chi connectivity index (χ2v) is 7.35. The Morgan fingerprint density at radius 3 is 3.00 bits per heavy atom. The Morgan fingerprint density at radius 2 is 2.20 bits per heavy atom. The number of amides is 2. The second kappa shape index (κ2) is 8.13.